The van der Waals surface area contributed by atoms with Crippen LogP contribution in [0, 0.1) is 9.49 Å². The highest BCUT2D eigenvalue weighted by molar-refractivity contribution is 14.1. The predicted molar refractivity (Wildman–Crippen MR) is 84.1 cm³/mol. The number of hydrogen-bond acceptors (Lipinski definition) is 2. The van der Waals surface area contributed by atoms with Gasteiger partial charge >= 0.3 is 0 Å². The molecular weight excluding hydrogens is 363 g/mol. The first-order valence-electron chi connectivity index (χ1n) is 5.95. The summed E-state index contributed by atoms with van der Waals surface area (Å²) in [6.45, 7) is 2.34. The number of nitrogens with zero attached hydrogens (tertiary/aromatic N) is 1. The zero-order valence-corrected chi connectivity index (χ0v) is 13.1. The highest BCUT2D eigenvalue weighted by Gasteiger charge is 2.23. The quantitative estimate of drug-likeness (QED) is 0.802. The second kappa shape index (κ2) is 7.31. The maximum atomic E-state index is 12.3. The van der Waals surface area contributed by atoms with Crippen molar-refractivity contribution in [2.45, 2.75) is 12.8 Å². The average molecular weight is 381 g/mol. The minimum Gasteiger partial charge on any atom is -0.338 e. The Hall–Kier alpha value is -0.330. The molecule has 1 saturated heterocycles. The molecule has 1 heterocycles. The van der Waals surface area contributed by atoms with Crippen molar-refractivity contribution in [1.82, 2.24) is 4.90 Å². The number of rotatable bonds is 2. The molecule has 1 aromatic carbocycles. The van der Waals surface area contributed by atoms with Gasteiger partial charge in [-0.15, -0.1) is 12.4 Å². The van der Waals surface area contributed by atoms with Crippen LogP contribution in [0.15, 0.2) is 24.3 Å². The van der Waals surface area contributed by atoms with E-state index in [0.29, 0.717) is 12.5 Å². The summed E-state index contributed by atoms with van der Waals surface area (Å²) >= 11 is 2.23. The average Bonchev–Trinajstić information content (AvgIpc) is 2.38. The lowest BCUT2D eigenvalue weighted by molar-refractivity contribution is 0.0678. The van der Waals surface area contributed by atoms with E-state index in [9.17, 15) is 4.79 Å². The number of benzene rings is 1. The van der Waals surface area contributed by atoms with Gasteiger partial charge in [0.2, 0.25) is 0 Å². The standard InChI is InChI=1S/C13H17IN2O.ClH/c14-12-5-1-4-11(7-12)13(17)16-6-2-3-10(8-15)9-16;/h1,4-5,7,10H,2-3,6,8-9,15H2;1H. The number of amides is 1. The molecule has 0 aromatic heterocycles. The summed E-state index contributed by atoms with van der Waals surface area (Å²) < 4.78 is 1.10. The normalized spacial score (nSPS) is 19.2. The first kappa shape index (κ1) is 15.7. The fourth-order valence-electron chi connectivity index (χ4n) is 2.25. The third-order valence-corrected chi connectivity index (χ3v) is 3.88. The molecule has 1 aliphatic heterocycles. The van der Waals surface area contributed by atoms with Crippen LogP contribution in [0.5, 0.6) is 0 Å². The van der Waals surface area contributed by atoms with Crippen LogP contribution < -0.4 is 5.73 Å². The number of nitrogens with two attached hydrogens (primary N) is 1. The Kier molecular flexibility index (Phi) is 6.38. The molecule has 18 heavy (non-hydrogen) atoms. The molecule has 1 amide bonds. The number of carbonyl (C=O) groups excluding carboxylic acids is 1. The molecule has 2 N–H and O–H groups in total. The lowest BCUT2D eigenvalue weighted by Crippen LogP contribution is -2.42. The van der Waals surface area contributed by atoms with Crippen LogP contribution >= 0.6 is 35.0 Å². The van der Waals surface area contributed by atoms with Gasteiger partial charge < -0.3 is 10.6 Å². The molecule has 0 spiro atoms. The molecule has 0 bridgehead atoms. The molecule has 3 nitrogen and oxygen atoms in total. The topological polar surface area (TPSA) is 46.3 Å². The van der Waals surface area contributed by atoms with E-state index in [1.54, 1.807) is 0 Å². The highest BCUT2D eigenvalue weighted by atomic mass is 127. The van der Waals surface area contributed by atoms with Crippen molar-refractivity contribution in [1.29, 1.82) is 0 Å². The smallest absolute Gasteiger partial charge is 0.253 e. The van der Waals surface area contributed by atoms with Gasteiger partial charge in [0.15, 0.2) is 0 Å². The van der Waals surface area contributed by atoms with Crippen LogP contribution in [0.4, 0.5) is 0 Å². The van der Waals surface area contributed by atoms with E-state index in [2.05, 4.69) is 22.6 Å². The van der Waals surface area contributed by atoms with Gasteiger partial charge in [0.25, 0.3) is 5.91 Å². The molecule has 0 aliphatic carbocycles. The molecule has 1 aliphatic rings. The van der Waals surface area contributed by atoms with E-state index in [4.69, 9.17) is 5.73 Å². The third kappa shape index (κ3) is 3.83. The summed E-state index contributed by atoms with van der Waals surface area (Å²) in [6.07, 6.45) is 2.21. The molecule has 1 aromatic rings. The molecule has 5 heteroatoms. The number of carbonyl (C=O) groups is 1. The second-order valence-corrected chi connectivity index (χ2v) is 5.75. The van der Waals surface area contributed by atoms with Gasteiger partial charge in [-0.2, -0.15) is 0 Å². The highest BCUT2D eigenvalue weighted by Crippen LogP contribution is 2.18. The summed E-state index contributed by atoms with van der Waals surface area (Å²) in [6, 6.07) is 7.75. The molecule has 0 radical (unpaired) electrons. The number of likely N-dealkylation sites (tertiary alicyclic amines) is 1. The zero-order valence-electron chi connectivity index (χ0n) is 10.1. The van der Waals surface area contributed by atoms with Crippen molar-refractivity contribution >= 4 is 40.9 Å². The van der Waals surface area contributed by atoms with E-state index in [1.807, 2.05) is 29.2 Å². The minimum atomic E-state index is 0. The van der Waals surface area contributed by atoms with Crippen molar-refractivity contribution in [3.63, 3.8) is 0 Å². The van der Waals surface area contributed by atoms with Gasteiger partial charge in [-0.05, 0) is 66.1 Å². The van der Waals surface area contributed by atoms with E-state index in [-0.39, 0.29) is 18.3 Å². The molecule has 100 valence electrons. The monoisotopic (exact) mass is 380 g/mol. The Morgan fingerprint density at radius 3 is 2.94 bits per heavy atom. The largest absolute Gasteiger partial charge is 0.338 e. The first-order valence-corrected chi connectivity index (χ1v) is 7.03. The lowest BCUT2D eigenvalue weighted by Gasteiger charge is -2.32. The van der Waals surface area contributed by atoms with E-state index in [1.165, 1.54) is 0 Å². The van der Waals surface area contributed by atoms with Crippen LogP contribution in [0.2, 0.25) is 0 Å². The molecule has 0 saturated carbocycles. The predicted octanol–water partition coefficient (Wildman–Crippen LogP) is 2.52. The number of halogens is 2. The van der Waals surface area contributed by atoms with Gasteiger partial charge in [0.05, 0.1) is 0 Å². The van der Waals surface area contributed by atoms with E-state index in [0.717, 1.165) is 35.1 Å². The maximum Gasteiger partial charge on any atom is 0.253 e. The van der Waals surface area contributed by atoms with Crippen molar-refractivity contribution in [3.8, 4) is 0 Å². The molecule has 1 unspecified atom stereocenters. The number of piperidine rings is 1. The van der Waals surface area contributed by atoms with Gasteiger partial charge in [-0.1, -0.05) is 6.07 Å². The Labute approximate surface area is 128 Å². The molecule has 2 rings (SSSR count). The van der Waals surface area contributed by atoms with Crippen LogP contribution in [0.25, 0.3) is 0 Å². The Bertz CT molecular complexity index is 414. The van der Waals surface area contributed by atoms with Gasteiger partial charge in [0, 0.05) is 22.2 Å². The molecule has 1 atom stereocenters. The molecule has 1 fully saturated rings. The summed E-state index contributed by atoms with van der Waals surface area (Å²) in [5.74, 6) is 0.608. The minimum absolute atomic E-state index is 0. The first-order chi connectivity index (χ1) is 8.20. The van der Waals surface area contributed by atoms with Gasteiger partial charge in [-0.3, -0.25) is 4.79 Å². The summed E-state index contributed by atoms with van der Waals surface area (Å²) in [4.78, 5) is 14.2. The molecular formula is C13H18ClIN2O. The zero-order chi connectivity index (χ0) is 12.3. The maximum absolute atomic E-state index is 12.3. The second-order valence-electron chi connectivity index (χ2n) is 4.51. The van der Waals surface area contributed by atoms with E-state index < -0.39 is 0 Å². The van der Waals surface area contributed by atoms with Gasteiger partial charge in [0.1, 0.15) is 0 Å². The summed E-state index contributed by atoms with van der Waals surface area (Å²) in [5.41, 5.74) is 6.48. The van der Waals surface area contributed by atoms with Crippen LogP contribution in [-0.4, -0.2) is 30.4 Å². The SMILES string of the molecule is Cl.NCC1CCCN(C(=O)c2cccc(I)c2)C1. The van der Waals surface area contributed by atoms with Crippen molar-refractivity contribution in [2.24, 2.45) is 11.7 Å². The fourth-order valence-corrected chi connectivity index (χ4v) is 2.79. The Morgan fingerprint density at radius 2 is 2.28 bits per heavy atom. The van der Waals surface area contributed by atoms with Crippen LogP contribution in [0.1, 0.15) is 23.2 Å². The summed E-state index contributed by atoms with van der Waals surface area (Å²) in [7, 11) is 0. The Balaban J connectivity index is 0.00000162. The van der Waals surface area contributed by atoms with Gasteiger partial charge in [-0.25, -0.2) is 0 Å². The van der Waals surface area contributed by atoms with Crippen LogP contribution in [0.3, 0.4) is 0 Å². The number of hydrogen-bond donors (Lipinski definition) is 1. The fraction of sp³-hybridized carbons (Fsp3) is 0.462. The third-order valence-electron chi connectivity index (χ3n) is 3.21. The Morgan fingerprint density at radius 1 is 1.50 bits per heavy atom. The van der Waals surface area contributed by atoms with Crippen molar-refractivity contribution in [2.75, 3.05) is 19.6 Å². The van der Waals surface area contributed by atoms with Crippen molar-refractivity contribution < 1.29 is 4.79 Å². The van der Waals surface area contributed by atoms with Crippen LogP contribution in [-0.2, 0) is 0 Å². The lowest BCUT2D eigenvalue weighted by atomic mass is 9.97. The van der Waals surface area contributed by atoms with Crippen molar-refractivity contribution in [3.05, 3.63) is 33.4 Å². The summed E-state index contributed by atoms with van der Waals surface area (Å²) in [5, 5.41) is 0. The van der Waals surface area contributed by atoms with E-state index >= 15 is 0 Å².